The van der Waals surface area contributed by atoms with Crippen LogP contribution in [0.1, 0.15) is 44.0 Å². The molecule has 0 saturated carbocycles. The quantitative estimate of drug-likeness (QED) is 0.583. The zero-order chi connectivity index (χ0) is 21.3. The summed E-state index contributed by atoms with van der Waals surface area (Å²) in [6.07, 6.45) is 3.38. The number of carbonyl (C=O) groups excluding carboxylic acids is 1. The molecule has 1 amide bonds. The number of hydrogen-bond donors (Lipinski definition) is 3. The molecule has 1 spiro atoms. The number of pyridine rings is 1. The van der Waals surface area contributed by atoms with Gasteiger partial charge in [0.2, 0.25) is 5.91 Å². The van der Waals surface area contributed by atoms with E-state index < -0.39 is 11.9 Å². The monoisotopic (exact) mass is 413 g/mol. The first kappa shape index (κ1) is 20.2. The number of rotatable bonds is 8. The van der Waals surface area contributed by atoms with Gasteiger partial charge < -0.3 is 15.3 Å². The van der Waals surface area contributed by atoms with Gasteiger partial charge in [-0.25, -0.2) is 4.98 Å². The lowest BCUT2D eigenvalue weighted by Gasteiger charge is -2.47. The fourth-order valence-electron chi connectivity index (χ4n) is 4.56. The Morgan fingerprint density at radius 3 is 2.67 bits per heavy atom. The second-order valence-electron chi connectivity index (χ2n) is 8.99. The van der Waals surface area contributed by atoms with Gasteiger partial charge in [-0.3, -0.25) is 9.59 Å². The molecule has 4 rings (SSSR count). The van der Waals surface area contributed by atoms with Crippen molar-refractivity contribution in [2.75, 3.05) is 24.5 Å². The highest BCUT2D eigenvalue weighted by Crippen LogP contribution is 2.39. The van der Waals surface area contributed by atoms with E-state index in [1.165, 1.54) is 0 Å². The van der Waals surface area contributed by atoms with E-state index in [0.29, 0.717) is 25.1 Å². The average molecular weight is 413 g/mol. The summed E-state index contributed by atoms with van der Waals surface area (Å²) in [5.74, 6) is -0.207. The van der Waals surface area contributed by atoms with E-state index in [-0.39, 0.29) is 23.2 Å². The number of carboxylic acid groups (broad SMARTS) is 1. The Labute approximate surface area is 174 Å². The molecule has 2 saturated heterocycles. The number of anilines is 1. The van der Waals surface area contributed by atoms with Crippen molar-refractivity contribution in [3.05, 3.63) is 29.7 Å². The van der Waals surface area contributed by atoms with Crippen LogP contribution in [-0.2, 0) is 16.0 Å². The predicted molar refractivity (Wildman–Crippen MR) is 108 cm³/mol. The van der Waals surface area contributed by atoms with Gasteiger partial charge in [-0.2, -0.15) is 5.21 Å². The van der Waals surface area contributed by atoms with Gasteiger partial charge in [0.25, 0.3) is 0 Å². The lowest BCUT2D eigenvalue weighted by Crippen LogP contribution is -2.57. The fourth-order valence-corrected chi connectivity index (χ4v) is 4.56. The summed E-state index contributed by atoms with van der Waals surface area (Å²) in [5, 5.41) is 26.9. The van der Waals surface area contributed by atoms with Crippen molar-refractivity contribution in [3.63, 3.8) is 0 Å². The van der Waals surface area contributed by atoms with Crippen LogP contribution in [0.5, 0.6) is 0 Å². The summed E-state index contributed by atoms with van der Waals surface area (Å²) in [6, 6.07) is 3.94. The van der Waals surface area contributed by atoms with Gasteiger partial charge in [0.05, 0.1) is 5.92 Å². The Morgan fingerprint density at radius 1 is 1.33 bits per heavy atom. The van der Waals surface area contributed by atoms with Gasteiger partial charge in [0, 0.05) is 43.6 Å². The Bertz CT molecular complexity index is 892. The summed E-state index contributed by atoms with van der Waals surface area (Å²) in [7, 11) is 0. The molecule has 2 aromatic rings. The fraction of sp³-hybridized carbons (Fsp3) is 0.600. The van der Waals surface area contributed by atoms with Gasteiger partial charge >= 0.3 is 5.97 Å². The Hall–Kier alpha value is -3.04. The van der Waals surface area contributed by atoms with Crippen molar-refractivity contribution < 1.29 is 14.7 Å². The molecule has 10 nitrogen and oxygen atoms in total. The van der Waals surface area contributed by atoms with E-state index in [1.54, 1.807) is 6.20 Å². The van der Waals surface area contributed by atoms with Crippen molar-refractivity contribution >= 4 is 17.7 Å². The average Bonchev–Trinajstić information content (AvgIpc) is 3.33. The minimum atomic E-state index is -0.853. The van der Waals surface area contributed by atoms with Gasteiger partial charge in [-0.05, 0) is 30.4 Å². The molecule has 2 aromatic heterocycles. The molecule has 0 bridgehead atoms. The molecule has 30 heavy (non-hydrogen) atoms. The third-order valence-corrected chi connectivity index (χ3v) is 6.06. The van der Waals surface area contributed by atoms with Gasteiger partial charge in [0.1, 0.15) is 5.82 Å². The van der Waals surface area contributed by atoms with Crippen LogP contribution in [-0.4, -0.2) is 62.2 Å². The maximum atomic E-state index is 12.0. The number of nitrogens with zero attached hydrogens (tertiary/aromatic N) is 5. The minimum Gasteiger partial charge on any atom is -0.481 e. The maximum absolute atomic E-state index is 12.0. The van der Waals surface area contributed by atoms with E-state index in [4.69, 9.17) is 0 Å². The highest BCUT2D eigenvalue weighted by atomic mass is 16.4. The molecular formula is C20H27N7O3. The first-order chi connectivity index (χ1) is 14.3. The number of nitrogens with one attached hydrogen (secondary N) is 2. The summed E-state index contributed by atoms with van der Waals surface area (Å²) in [6.45, 7) is 6.39. The number of aliphatic carboxylic acids is 1. The molecule has 2 aliphatic heterocycles. The van der Waals surface area contributed by atoms with Gasteiger partial charge in [0.15, 0.2) is 5.82 Å². The van der Waals surface area contributed by atoms with Crippen molar-refractivity contribution in [1.82, 2.24) is 30.9 Å². The lowest BCUT2D eigenvalue weighted by atomic mass is 9.79. The molecular weight excluding hydrogens is 386 g/mol. The molecule has 2 aliphatic rings. The molecule has 10 heteroatoms. The van der Waals surface area contributed by atoms with E-state index in [9.17, 15) is 14.7 Å². The molecule has 0 unspecified atom stereocenters. The number of hydrogen-bond acceptors (Lipinski definition) is 7. The van der Waals surface area contributed by atoms with E-state index in [2.05, 4.69) is 35.8 Å². The number of carbonyl (C=O) groups is 2. The number of tetrazole rings is 1. The van der Waals surface area contributed by atoms with Crippen LogP contribution in [0, 0.1) is 17.3 Å². The van der Waals surface area contributed by atoms with E-state index >= 15 is 0 Å². The number of aromatic amines is 1. The van der Waals surface area contributed by atoms with Crippen LogP contribution in [0.2, 0.25) is 0 Å². The Kier molecular flexibility index (Phi) is 5.40. The Morgan fingerprint density at radius 2 is 2.13 bits per heavy atom. The third-order valence-electron chi connectivity index (χ3n) is 6.06. The number of aromatic nitrogens is 5. The van der Waals surface area contributed by atoms with Gasteiger partial charge in [-0.1, -0.05) is 25.1 Å². The standard InChI is InChI=1S/C20H27N7O3/c1-12(2)5-15(19(29)30)14(18-23-25-26-24-18)6-13-3-4-16(21-8-13)27-10-20(11-27)7-17(28)22-9-20/h3-4,8,12,14-15H,5-7,9-11H2,1-2H3,(H,22,28)(H,29,30)(H,23,24,25,26)/t14-,15-/m0/s1. The van der Waals surface area contributed by atoms with E-state index in [1.807, 2.05) is 26.0 Å². The summed E-state index contributed by atoms with van der Waals surface area (Å²) >= 11 is 0. The number of H-pyrrole nitrogens is 1. The minimum absolute atomic E-state index is 0.0483. The van der Waals surface area contributed by atoms with Crippen LogP contribution in [0.15, 0.2) is 18.3 Å². The Balaban J connectivity index is 1.46. The van der Waals surface area contributed by atoms with Crippen LogP contribution >= 0.6 is 0 Å². The van der Waals surface area contributed by atoms with Crippen molar-refractivity contribution in [3.8, 4) is 0 Å². The summed E-state index contributed by atoms with van der Waals surface area (Å²) in [5.41, 5.74) is 0.976. The summed E-state index contributed by atoms with van der Waals surface area (Å²) < 4.78 is 0. The predicted octanol–water partition coefficient (Wildman–Crippen LogP) is 0.994. The second-order valence-corrected chi connectivity index (χ2v) is 8.99. The van der Waals surface area contributed by atoms with Crippen LogP contribution in [0.4, 0.5) is 5.82 Å². The first-order valence-electron chi connectivity index (χ1n) is 10.3. The van der Waals surface area contributed by atoms with E-state index in [0.717, 1.165) is 31.0 Å². The zero-order valence-electron chi connectivity index (χ0n) is 17.2. The topological polar surface area (TPSA) is 137 Å². The number of carboxylic acids is 1. The largest absolute Gasteiger partial charge is 0.481 e. The SMILES string of the molecule is CC(C)C[C@H](C(=O)O)[C@H](Cc1ccc(N2CC3(CNC(=O)C3)C2)nc1)c1nn[nH]n1. The molecule has 4 heterocycles. The molecule has 0 aromatic carbocycles. The van der Waals surface area contributed by atoms with Crippen LogP contribution in [0.25, 0.3) is 0 Å². The van der Waals surface area contributed by atoms with Gasteiger partial charge in [-0.15, -0.1) is 10.2 Å². The highest BCUT2D eigenvalue weighted by molar-refractivity contribution is 5.80. The molecule has 160 valence electrons. The maximum Gasteiger partial charge on any atom is 0.307 e. The molecule has 0 radical (unpaired) electrons. The second kappa shape index (κ2) is 8.00. The third kappa shape index (κ3) is 4.12. The normalized spacial score (nSPS) is 19.6. The first-order valence-corrected chi connectivity index (χ1v) is 10.3. The summed E-state index contributed by atoms with van der Waals surface area (Å²) in [4.78, 5) is 30.2. The highest BCUT2D eigenvalue weighted by Gasteiger charge is 2.48. The van der Waals surface area contributed by atoms with Crippen LogP contribution < -0.4 is 10.2 Å². The zero-order valence-corrected chi connectivity index (χ0v) is 17.2. The molecule has 0 aliphatic carbocycles. The molecule has 3 N–H and O–H groups in total. The van der Waals surface area contributed by atoms with Crippen molar-refractivity contribution in [2.24, 2.45) is 17.3 Å². The molecule has 2 fully saturated rings. The van der Waals surface area contributed by atoms with Crippen molar-refractivity contribution in [2.45, 2.75) is 39.0 Å². The number of amides is 1. The molecule has 2 atom stereocenters. The van der Waals surface area contributed by atoms with Crippen LogP contribution in [0.3, 0.4) is 0 Å². The smallest absolute Gasteiger partial charge is 0.307 e. The lowest BCUT2D eigenvalue weighted by molar-refractivity contribution is -0.143. The van der Waals surface area contributed by atoms with Crippen molar-refractivity contribution in [1.29, 1.82) is 0 Å².